The number of hydrogen-bond acceptors (Lipinski definition) is 4. The van der Waals surface area contributed by atoms with Crippen molar-refractivity contribution in [2.24, 2.45) is 0 Å². The maximum atomic E-state index is 5.06. The fourth-order valence-electron chi connectivity index (χ4n) is 2.89. The maximum absolute atomic E-state index is 5.06. The predicted molar refractivity (Wildman–Crippen MR) is 81.2 cm³/mol. The lowest BCUT2D eigenvalue weighted by molar-refractivity contribution is 0.199. The van der Waals surface area contributed by atoms with Gasteiger partial charge in [0.25, 0.3) is 0 Å². The van der Waals surface area contributed by atoms with Gasteiger partial charge >= 0.3 is 0 Å². The molecule has 2 aromatic heterocycles. The summed E-state index contributed by atoms with van der Waals surface area (Å²) in [5.41, 5.74) is 2.75. The van der Waals surface area contributed by atoms with Gasteiger partial charge in [-0.2, -0.15) is 0 Å². The van der Waals surface area contributed by atoms with Crippen LogP contribution in [0.15, 0.2) is 24.0 Å². The molecule has 0 aliphatic heterocycles. The number of imidazole rings is 1. The molecule has 20 heavy (non-hydrogen) atoms. The zero-order valence-corrected chi connectivity index (χ0v) is 12.7. The number of rotatable bonds is 6. The first-order chi connectivity index (χ1) is 9.90. The van der Waals surface area contributed by atoms with Gasteiger partial charge in [0.15, 0.2) is 0 Å². The minimum absolute atomic E-state index is 0.465. The number of hydrogen-bond donors (Lipinski definition) is 1. The number of ether oxygens (including phenoxy) is 1. The van der Waals surface area contributed by atoms with Gasteiger partial charge < -0.3 is 14.6 Å². The van der Waals surface area contributed by atoms with Gasteiger partial charge in [0.05, 0.1) is 24.7 Å². The molecule has 2 aromatic rings. The van der Waals surface area contributed by atoms with Crippen LogP contribution in [0.5, 0.6) is 0 Å². The zero-order valence-electron chi connectivity index (χ0n) is 11.8. The molecule has 0 radical (unpaired) electrons. The molecular formula is C15H21N3OS. The normalized spacial score (nSPS) is 18.1. The van der Waals surface area contributed by atoms with Crippen LogP contribution in [0.1, 0.15) is 35.0 Å². The number of methoxy groups -OCH3 is 1. The van der Waals surface area contributed by atoms with Crippen molar-refractivity contribution in [3.05, 3.63) is 40.1 Å². The molecule has 0 amide bonds. The number of aryl methyl sites for hydroxylation is 1. The van der Waals surface area contributed by atoms with Crippen LogP contribution < -0.4 is 5.32 Å². The van der Waals surface area contributed by atoms with Crippen molar-refractivity contribution < 1.29 is 4.74 Å². The van der Waals surface area contributed by atoms with Crippen molar-refractivity contribution >= 4 is 11.3 Å². The van der Waals surface area contributed by atoms with Crippen LogP contribution in [0, 0.1) is 0 Å². The quantitative estimate of drug-likeness (QED) is 0.832. The smallest absolute Gasteiger partial charge is 0.0954 e. The van der Waals surface area contributed by atoms with E-state index in [1.165, 1.54) is 30.5 Å². The minimum Gasteiger partial charge on any atom is -0.383 e. The third kappa shape index (κ3) is 2.80. The summed E-state index contributed by atoms with van der Waals surface area (Å²) in [6, 6.07) is 2.75. The number of nitrogens with zero attached hydrogens (tertiary/aromatic N) is 2. The van der Waals surface area contributed by atoms with E-state index >= 15 is 0 Å². The fraction of sp³-hybridized carbons (Fsp3) is 0.533. The molecular weight excluding hydrogens is 270 g/mol. The summed E-state index contributed by atoms with van der Waals surface area (Å²) >= 11 is 1.89. The van der Waals surface area contributed by atoms with Crippen LogP contribution in [0.2, 0.25) is 0 Å². The third-order valence-corrected chi connectivity index (χ3v) is 4.89. The van der Waals surface area contributed by atoms with E-state index in [0.29, 0.717) is 6.04 Å². The Morgan fingerprint density at radius 3 is 3.40 bits per heavy atom. The van der Waals surface area contributed by atoms with Gasteiger partial charge in [-0.15, -0.1) is 11.3 Å². The Hall–Kier alpha value is -1.17. The molecule has 0 saturated heterocycles. The molecule has 0 fully saturated rings. The average molecular weight is 291 g/mol. The Kier molecular flexibility index (Phi) is 4.50. The molecule has 3 rings (SSSR count). The van der Waals surface area contributed by atoms with Gasteiger partial charge in [-0.25, -0.2) is 4.98 Å². The molecule has 4 nitrogen and oxygen atoms in total. The molecule has 2 heterocycles. The lowest BCUT2D eigenvalue weighted by Crippen LogP contribution is -2.23. The summed E-state index contributed by atoms with van der Waals surface area (Å²) in [6.07, 6.45) is 7.67. The Bertz CT molecular complexity index is 549. The van der Waals surface area contributed by atoms with E-state index in [4.69, 9.17) is 4.74 Å². The first kappa shape index (κ1) is 13.8. The second-order valence-electron chi connectivity index (χ2n) is 5.17. The monoisotopic (exact) mass is 291 g/mol. The topological polar surface area (TPSA) is 39.1 Å². The Morgan fingerprint density at radius 1 is 1.55 bits per heavy atom. The summed E-state index contributed by atoms with van der Waals surface area (Å²) < 4.78 is 7.40. The molecule has 1 N–H and O–H groups in total. The van der Waals surface area contributed by atoms with Crippen LogP contribution in [0.25, 0.3) is 0 Å². The maximum Gasteiger partial charge on any atom is 0.0954 e. The lowest BCUT2D eigenvalue weighted by Gasteiger charge is -2.25. The second kappa shape index (κ2) is 6.52. The Balaban J connectivity index is 1.74. The third-order valence-electron chi connectivity index (χ3n) is 3.89. The van der Waals surface area contributed by atoms with E-state index in [1.54, 1.807) is 12.0 Å². The molecule has 1 aliphatic rings. The highest BCUT2D eigenvalue weighted by Crippen LogP contribution is 2.36. The highest BCUT2D eigenvalue weighted by Gasteiger charge is 2.23. The van der Waals surface area contributed by atoms with E-state index in [1.807, 2.05) is 23.9 Å². The van der Waals surface area contributed by atoms with E-state index in [-0.39, 0.29) is 0 Å². The average Bonchev–Trinajstić information content (AvgIpc) is 3.11. The highest BCUT2D eigenvalue weighted by molar-refractivity contribution is 7.10. The standard InChI is InChI=1S/C15H21N3OS/c1-19-7-6-16-9-12-10-17-11-18(12)14-3-2-4-15-13(14)5-8-20-15/h5,8,10-11,14,16H,2-4,6-7,9H2,1H3. The SMILES string of the molecule is COCCNCc1cncn1C1CCCc2sccc21. The fourth-order valence-corrected chi connectivity index (χ4v) is 3.87. The van der Waals surface area contributed by atoms with Crippen LogP contribution in [-0.4, -0.2) is 29.8 Å². The zero-order chi connectivity index (χ0) is 13.8. The molecule has 0 aromatic carbocycles. The van der Waals surface area contributed by atoms with Crippen molar-refractivity contribution in [3.63, 3.8) is 0 Å². The van der Waals surface area contributed by atoms with E-state index in [0.717, 1.165) is 19.7 Å². The molecule has 0 saturated carbocycles. The minimum atomic E-state index is 0.465. The summed E-state index contributed by atoms with van der Waals surface area (Å²) in [5.74, 6) is 0. The lowest BCUT2D eigenvalue weighted by atomic mass is 9.93. The van der Waals surface area contributed by atoms with Crippen LogP contribution in [-0.2, 0) is 17.7 Å². The summed E-state index contributed by atoms with van der Waals surface area (Å²) in [4.78, 5) is 5.90. The van der Waals surface area contributed by atoms with Gasteiger partial charge in [-0.05, 0) is 36.3 Å². The van der Waals surface area contributed by atoms with Crippen LogP contribution in [0.3, 0.4) is 0 Å². The number of nitrogens with one attached hydrogen (secondary N) is 1. The molecule has 5 heteroatoms. The van der Waals surface area contributed by atoms with Gasteiger partial charge in [0.1, 0.15) is 0 Å². The van der Waals surface area contributed by atoms with Gasteiger partial charge in [-0.3, -0.25) is 0 Å². The molecule has 1 unspecified atom stereocenters. The van der Waals surface area contributed by atoms with Gasteiger partial charge in [-0.1, -0.05) is 0 Å². The van der Waals surface area contributed by atoms with Crippen molar-refractivity contribution in [1.82, 2.24) is 14.9 Å². The molecule has 0 bridgehead atoms. The molecule has 1 aliphatic carbocycles. The summed E-state index contributed by atoms with van der Waals surface area (Å²) in [6.45, 7) is 2.46. The summed E-state index contributed by atoms with van der Waals surface area (Å²) in [7, 11) is 1.73. The van der Waals surface area contributed by atoms with Crippen molar-refractivity contribution in [2.75, 3.05) is 20.3 Å². The molecule has 108 valence electrons. The number of aromatic nitrogens is 2. The van der Waals surface area contributed by atoms with Crippen molar-refractivity contribution in [3.8, 4) is 0 Å². The van der Waals surface area contributed by atoms with Gasteiger partial charge in [0, 0.05) is 31.3 Å². The highest BCUT2D eigenvalue weighted by atomic mass is 32.1. The Labute approximate surface area is 123 Å². The van der Waals surface area contributed by atoms with Crippen molar-refractivity contribution in [2.45, 2.75) is 31.8 Å². The van der Waals surface area contributed by atoms with E-state index < -0.39 is 0 Å². The first-order valence-electron chi connectivity index (χ1n) is 7.16. The molecule has 1 atom stereocenters. The second-order valence-corrected chi connectivity index (χ2v) is 6.17. The first-order valence-corrected chi connectivity index (χ1v) is 8.04. The van der Waals surface area contributed by atoms with E-state index in [2.05, 4.69) is 26.3 Å². The largest absolute Gasteiger partial charge is 0.383 e. The van der Waals surface area contributed by atoms with E-state index in [9.17, 15) is 0 Å². The van der Waals surface area contributed by atoms with Crippen LogP contribution in [0.4, 0.5) is 0 Å². The predicted octanol–water partition coefficient (Wildman–Crippen LogP) is 2.61. The van der Waals surface area contributed by atoms with Crippen LogP contribution >= 0.6 is 11.3 Å². The van der Waals surface area contributed by atoms with Gasteiger partial charge in [0.2, 0.25) is 0 Å². The van der Waals surface area contributed by atoms with Crippen molar-refractivity contribution in [1.29, 1.82) is 0 Å². The summed E-state index contributed by atoms with van der Waals surface area (Å²) in [5, 5.41) is 5.62. The number of fused-ring (bicyclic) bond motifs is 1. The molecule has 0 spiro atoms. The number of thiophene rings is 1. The Morgan fingerprint density at radius 2 is 2.50 bits per heavy atom.